The molecule has 58 valence electrons. The molecule has 0 heterocycles. The van der Waals surface area contributed by atoms with Gasteiger partial charge in [-0.05, 0) is 5.56 Å². The molecule has 1 aliphatic carbocycles. The fraction of sp³-hybridized carbons (Fsp3) is 0.0833. The molecule has 0 bridgehead atoms. The summed E-state index contributed by atoms with van der Waals surface area (Å²) in [6.07, 6.45) is 11.3. The number of rotatable bonds is 1. The Labute approximate surface area is 73.2 Å². The van der Waals surface area contributed by atoms with E-state index >= 15 is 0 Å². The van der Waals surface area contributed by atoms with E-state index in [1.165, 1.54) is 5.56 Å². The monoisotopic (exact) mass is 154 g/mol. The molecular formula is C12H10. The summed E-state index contributed by atoms with van der Waals surface area (Å²) >= 11 is 0. The minimum Gasteiger partial charge on any atom is -0.0763 e. The molecule has 0 unspecified atom stereocenters. The Bertz CT molecular complexity index is 281. The highest BCUT2D eigenvalue weighted by Gasteiger charge is 2.04. The van der Waals surface area contributed by atoms with Gasteiger partial charge in [-0.2, -0.15) is 0 Å². The summed E-state index contributed by atoms with van der Waals surface area (Å²) in [5.41, 5.74) is 1.34. The zero-order valence-corrected chi connectivity index (χ0v) is 6.77. The van der Waals surface area contributed by atoms with Crippen molar-refractivity contribution < 1.29 is 0 Å². The van der Waals surface area contributed by atoms with Crippen LogP contribution in [0, 0.1) is 6.42 Å². The molecule has 12 heavy (non-hydrogen) atoms. The third kappa shape index (κ3) is 1.48. The van der Waals surface area contributed by atoms with Crippen molar-refractivity contribution in [2.24, 2.45) is 0 Å². The van der Waals surface area contributed by atoms with Crippen LogP contribution in [0.3, 0.4) is 0 Å². The molecule has 0 atom stereocenters. The summed E-state index contributed by atoms with van der Waals surface area (Å²) in [7, 11) is 0. The van der Waals surface area contributed by atoms with Crippen LogP contribution in [0.5, 0.6) is 0 Å². The maximum absolute atomic E-state index is 3.02. The van der Waals surface area contributed by atoms with E-state index in [-0.39, 0.29) is 0 Å². The Morgan fingerprint density at radius 1 is 0.917 bits per heavy atom. The first-order chi connectivity index (χ1) is 5.97. The van der Waals surface area contributed by atoms with Crippen LogP contribution in [-0.2, 0) is 0 Å². The van der Waals surface area contributed by atoms with Crippen LogP contribution in [0.1, 0.15) is 11.5 Å². The first-order valence-corrected chi connectivity index (χ1v) is 4.11. The molecule has 1 aromatic carbocycles. The molecule has 0 fully saturated rings. The smallest absolute Gasteiger partial charge is 0.0337 e. The lowest BCUT2D eigenvalue weighted by atomic mass is 9.95. The van der Waals surface area contributed by atoms with Crippen LogP contribution in [-0.4, -0.2) is 0 Å². The summed E-state index contributed by atoms with van der Waals surface area (Å²) in [5, 5.41) is 0. The van der Waals surface area contributed by atoms with E-state index in [4.69, 9.17) is 0 Å². The molecule has 1 aromatic rings. The Hall–Kier alpha value is -1.30. The van der Waals surface area contributed by atoms with Crippen LogP contribution in [0.15, 0.2) is 54.6 Å². The van der Waals surface area contributed by atoms with Crippen molar-refractivity contribution in [3.63, 3.8) is 0 Å². The Morgan fingerprint density at radius 2 is 1.58 bits per heavy atom. The summed E-state index contributed by atoms with van der Waals surface area (Å²) in [4.78, 5) is 0. The first-order valence-electron chi connectivity index (χ1n) is 4.11. The molecule has 0 aliphatic heterocycles. The Balaban J connectivity index is 2.25. The summed E-state index contributed by atoms with van der Waals surface area (Å²) in [6, 6.07) is 10.5. The van der Waals surface area contributed by atoms with Gasteiger partial charge < -0.3 is 0 Å². The van der Waals surface area contributed by atoms with Crippen molar-refractivity contribution in [3.8, 4) is 0 Å². The molecule has 0 amide bonds. The summed E-state index contributed by atoms with van der Waals surface area (Å²) in [5.74, 6) is 0.437. The maximum Gasteiger partial charge on any atom is 0.0337 e. The van der Waals surface area contributed by atoms with Gasteiger partial charge in [0, 0.05) is 12.3 Å². The van der Waals surface area contributed by atoms with Gasteiger partial charge in [-0.15, -0.1) is 0 Å². The van der Waals surface area contributed by atoms with Crippen LogP contribution in [0.4, 0.5) is 0 Å². The molecule has 2 radical (unpaired) electrons. The SMILES string of the molecule is [C]1C=CC(c2ccccc2)C=C1. The van der Waals surface area contributed by atoms with E-state index in [0.29, 0.717) is 5.92 Å². The molecule has 0 heteroatoms. The molecule has 0 nitrogen and oxygen atoms in total. The van der Waals surface area contributed by atoms with Crippen molar-refractivity contribution >= 4 is 0 Å². The molecule has 0 aromatic heterocycles. The summed E-state index contributed by atoms with van der Waals surface area (Å²) in [6.45, 7) is 0. The van der Waals surface area contributed by atoms with Gasteiger partial charge in [-0.3, -0.25) is 0 Å². The van der Waals surface area contributed by atoms with E-state index in [1.54, 1.807) is 0 Å². The minimum atomic E-state index is 0.437. The van der Waals surface area contributed by atoms with Crippen molar-refractivity contribution in [1.29, 1.82) is 0 Å². The zero-order valence-electron chi connectivity index (χ0n) is 6.77. The molecule has 0 spiro atoms. The van der Waals surface area contributed by atoms with E-state index in [1.807, 2.05) is 18.2 Å². The first kappa shape index (κ1) is 7.35. The predicted octanol–water partition coefficient (Wildman–Crippen LogP) is 2.98. The highest BCUT2D eigenvalue weighted by Crippen LogP contribution is 2.21. The Kier molecular flexibility index (Phi) is 2.08. The van der Waals surface area contributed by atoms with Gasteiger partial charge in [-0.1, -0.05) is 54.6 Å². The Morgan fingerprint density at radius 3 is 2.25 bits per heavy atom. The van der Waals surface area contributed by atoms with E-state index < -0.39 is 0 Å². The van der Waals surface area contributed by atoms with Crippen molar-refractivity contribution in [3.05, 3.63) is 66.6 Å². The lowest BCUT2D eigenvalue weighted by Crippen LogP contribution is -1.92. The van der Waals surface area contributed by atoms with Gasteiger partial charge >= 0.3 is 0 Å². The predicted molar refractivity (Wildman–Crippen MR) is 50.7 cm³/mol. The molecule has 1 aliphatic rings. The maximum atomic E-state index is 3.02. The highest BCUT2D eigenvalue weighted by molar-refractivity contribution is 5.33. The molecule has 0 saturated carbocycles. The standard InChI is InChI=1S/C12H10/c1-3-7-11(8-4-1)12-9-5-2-6-10-12/h1,3-10,12H. The average Bonchev–Trinajstić information content (AvgIpc) is 2.21. The molecule has 2 rings (SSSR count). The average molecular weight is 154 g/mol. The third-order valence-corrected chi connectivity index (χ3v) is 1.98. The van der Waals surface area contributed by atoms with Crippen molar-refractivity contribution in [2.75, 3.05) is 0 Å². The lowest BCUT2D eigenvalue weighted by Gasteiger charge is -2.10. The minimum absolute atomic E-state index is 0.437. The number of allylic oxidation sites excluding steroid dienone is 4. The topological polar surface area (TPSA) is 0 Å². The second-order valence-electron chi connectivity index (χ2n) is 2.82. The number of benzene rings is 1. The fourth-order valence-corrected chi connectivity index (χ4v) is 1.34. The molecular weight excluding hydrogens is 144 g/mol. The van der Waals surface area contributed by atoms with E-state index in [9.17, 15) is 0 Å². The zero-order chi connectivity index (χ0) is 8.23. The summed E-state index contributed by atoms with van der Waals surface area (Å²) < 4.78 is 0. The van der Waals surface area contributed by atoms with Gasteiger partial charge in [0.25, 0.3) is 0 Å². The number of hydrogen-bond acceptors (Lipinski definition) is 0. The van der Waals surface area contributed by atoms with E-state index in [0.717, 1.165) is 0 Å². The second kappa shape index (κ2) is 3.40. The van der Waals surface area contributed by atoms with E-state index in [2.05, 4.69) is 42.8 Å². The van der Waals surface area contributed by atoms with Crippen LogP contribution in [0.2, 0.25) is 0 Å². The third-order valence-electron chi connectivity index (χ3n) is 1.98. The quantitative estimate of drug-likeness (QED) is 0.583. The van der Waals surface area contributed by atoms with Crippen molar-refractivity contribution in [2.45, 2.75) is 5.92 Å². The molecule has 0 saturated heterocycles. The van der Waals surface area contributed by atoms with Crippen LogP contribution >= 0.6 is 0 Å². The normalized spacial score (nSPS) is 16.7. The number of hydrogen-bond donors (Lipinski definition) is 0. The van der Waals surface area contributed by atoms with Gasteiger partial charge in [0.1, 0.15) is 0 Å². The fourth-order valence-electron chi connectivity index (χ4n) is 1.34. The van der Waals surface area contributed by atoms with Gasteiger partial charge in [-0.25, -0.2) is 0 Å². The molecule has 0 N–H and O–H groups in total. The van der Waals surface area contributed by atoms with Crippen LogP contribution < -0.4 is 0 Å². The van der Waals surface area contributed by atoms with Crippen LogP contribution in [0.25, 0.3) is 0 Å². The van der Waals surface area contributed by atoms with Gasteiger partial charge in [0.05, 0.1) is 0 Å². The van der Waals surface area contributed by atoms with Crippen molar-refractivity contribution in [1.82, 2.24) is 0 Å². The lowest BCUT2D eigenvalue weighted by molar-refractivity contribution is 1.07. The highest BCUT2D eigenvalue weighted by atomic mass is 14.1. The second-order valence-corrected chi connectivity index (χ2v) is 2.82. The largest absolute Gasteiger partial charge is 0.0763 e. The van der Waals surface area contributed by atoms with Gasteiger partial charge in [0.15, 0.2) is 0 Å². The van der Waals surface area contributed by atoms with Gasteiger partial charge in [0.2, 0.25) is 0 Å².